The molecule has 0 amide bonds. The molecule has 4 nitrogen and oxygen atoms in total. The van der Waals surface area contributed by atoms with Gasteiger partial charge < -0.3 is 9.67 Å². The molecule has 1 aromatic rings. The van der Waals surface area contributed by atoms with Crippen LogP contribution in [0.4, 0.5) is 13.2 Å². The van der Waals surface area contributed by atoms with Crippen LogP contribution in [0, 0.1) is 0 Å². The molecule has 1 heterocycles. The van der Waals surface area contributed by atoms with Crippen molar-refractivity contribution in [1.82, 2.24) is 14.5 Å². The molecule has 0 spiro atoms. The van der Waals surface area contributed by atoms with Crippen LogP contribution in [0.5, 0.6) is 0 Å². The third-order valence-electron chi connectivity index (χ3n) is 2.38. The van der Waals surface area contributed by atoms with E-state index in [0.29, 0.717) is 25.5 Å². The standard InChI is InChI=1S/C10H16F3N3O/c1-2-15(5-6-17)7-9-14-3-4-16(9)8-10(11,12)13/h3-4,17H,2,5-8H2,1H3. The molecule has 0 aliphatic rings. The highest BCUT2D eigenvalue weighted by Crippen LogP contribution is 2.18. The number of likely N-dealkylation sites (N-methyl/N-ethyl adjacent to an activating group) is 1. The van der Waals surface area contributed by atoms with Gasteiger partial charge in [-0.25, -0.2) is 4.98 Å². The smallest absolute Gasteiger partial charge is 0.395 e. The molecule has 1 N–H and O–H groups in total. The summed E-state index contributed by atoms with van der Waals surface area (Å²) in [4.78, 5) is 5.74. The lowest BCUT2D eigenvalue weighted by Gasteiger charge is -2.19. The lowest BCUT2D eigenvalue weighted by Crippen LogP contribution is -2.29. The lowest BCUT2D eigenvalue weighted by atomic mass is 10.4. The Hall–Kier alpha value is -1.08. The molecular formula is C10H16F3N3O. The molecule has 0 bridgehead atoms. The van der Waals surface area contributed by atoms with Gasteiger partial charge in [-0.2, -0.15) is 13.2 Å². The molecule has 98 valence electrons. The summed E-state index contributed by atoms with van der Waals surface area (Å²) in [7, 11) is 0. The molecule has 0 radical (unpaired) electrons. The van der Waals surface area contributed by atoms with Crippen molar-refractivity contribution in [2.24, 2.45) is 0 Å². The number of halogens is 3. The summed E-state index contributed by atoms with van der Waals surface area (Å²) in [5.41, 5.74) is 0. The van der Waals surface area contributed by atoms with Gasteiger partial charge in [0.25, 0.3) is 0 Å². The van der Waals surface area contributed by atoms with Crippen LogP contribution < -0.4 is 0 Å². The number of rotatable bonds is 6. The summed E-state index contributed by atoms with van der Waals surface area (Å²) >= 11 is 0. The van der Waals surface area contributed by atoms with Gasteiger partial charge in [0.05, 0.1) is 13.2 Å². The first-order valence-electron chi connectivity index (χ1n) is 5.36. The van der Waals surface area contributed by atoms with Gasteiger partial charge in [0.1, 0.15) is 12.4 Å². The Bertz CT molecular complexity index is 338. The second-order valence-electron chi connectivity index (χ2n) is 3.68. The number of hydrogen-bond donors (Lipinski definition) is 1. The molecule has 0 aliphatic carbocycles. The van der Waals surface area contributed by atoms with Crippen LogP contribution in [0.25, 0.3) is 0 Å². The monoisotopic (exact) mass is 251 g/mol. The van der Waals surface area contributed by atoms with Crippen molar-refractivity contribution in [2.75, 3.05) is 19.7 Å². The molecule has 0 saturated carbocycles. The Morgan fingerprint density at radius 1 is 1.47 bits per heavy atom. The number of aliphatic hydroxyl groups excluding tert-OH is 1. The van der Waals surface area contributed by atoms with E-state index in [0.717, 1.165) is 4.57 Å². The number of hydrogen-bond acceptors (Lipinski definition) is 3. The van der Waals surface area contributed by atoms with Crippen LogP contribution in [0.3, 0.4) is 0 Å². The number of nitrogens with zero attached hydrogens (tertiary/aromatic N) is 3. The second kappa shape index (κ2) is 6.02. The Labute approximate surface area is 97.7 Å². The molecule has 1 rings (SSSR count). The summed E-state index contributed by atoms with van der Waals surface area (Å²) in [6, 6.07) is 0. The fourth-order valence-corrected chi connectivity index (χ4v) is 1.52. The SMILES string of the molecule is CCN(CCO)Cc1nccn1CC(F)(F)F. The van der Waals surface area contributed by atoms with Gasteiger partial charge in [-0.3, -0.25) is 4.90 Å². The van der Waals surface area contributed by atoms with Gasteiger partial charge in [-0.05, 0) is 6.54 Å². The topological polar surface area (TPSA) is 41.3 Å². The van der Waals surface area contributed by atoms with Crippen molar-refractivity contribution in [2.45, 2.75) is 26.2 Å². The van der Waals surface area contributed by atoms with Crippen molar-refractivity contribution < 1.29 is 18.3 Å². The summed E-state index contributed by atoms with van der Waals surface area (Å²) in [5.74, 6) is 0.359. The summed E-state index contributed by atoms with van der Waals surface area (Å²) in [6.07, 6.45) is -1.58. The molecular weight excluding hydrogens is 235 g/mol. The maximum atomic E-state index is 12.3. The van der Waals surface area contributed by atoms with Gasteiger partial charge in [-0.15, -0.1) is 0 Å². The van der Waals surface area contributed by atoms with Crippen LogP contribution in [0.2, 0.25) is 0 Å². The fraction of sp³-hybridized carbons (Fsp3) is 0.700. The van der Waals surface area contributed by atoms with E-state index in [2.05, 4.69) is 4.98 Å². The van der Waals surface area contributed by atoms with Crippen molar-refractivity contribution in [3.05, 3.63) is 18.2 Å². The van der Waals surface area contributed by atoms with Crippen molar-refractivity contribution in [1.29, 1.82) is 0 Å². The predicted molar refractivity (Wildman–Crippen MR) is 56.3 cm³/mol. The number of alkyl halides is 3. The molecule has 0 aromatic carbocycles. The van der Waals surface area contributed by atoms with Gasteiger partial charge in [0, 0.05) is 18.9 Å². The molecule has 17 heavy (non-hydrogen) atoms. The normalized spacial score (nSPS) is 12.4. The highest BCUT2D eigenvalue weighted by molar-refractivity contribution is 4.93. The molecule has 1 aromatic heterocycles. The van der Waals surface area contributed by atoms with E-state index >= 15 is 0 Å². The first kappa shape index (κ1) is 14.0. The third-order valence-corrected chi connectivity index (χ3v) is 2.38. The van der Waals surface area contributed by atoms with E-state index in [4.69, 9.17) is 5.11 Å². The largest absolute Gasteiger partial charge is 0.406 e. The summed E-state index contributed by atoms with van der Waals surface area (Å²) < 4.78 is 37.9. The lowest BCUT2D eigenvalue weighted by molar-refractivity contribution is -0.141. The van der Waals surface area contributed by atoms with Crippen molar-refractivity contribution in [3.8, 4) is 0 Å². The average Bonchev–Trinajstić information content (AvgIpc) is 2.62. The second-order valence-corrected chi connectivity index (χ2v) is 3.68. The van der Waals surface area contributed by atoms with Gasteiger partial charge >= 0.3 is 6.18 Å². The van der Waals surface area contributed by atoms with E-state index in [1.54, 1.807) is 0 Å². The Morgan fingerprint density at radius 2 is 2.18 bits per heavy atom. The first-order chi connectivity index (χ1) is 7.96. The van der Waals surface area contributed by atoms with Crippen LogP contribution in [0.1, 0.15) is 12.7 Å². The average molecular weight is 251 g/mol. The number of aromatic nitrogens is 2. The minimum atomic E-state index is -4.25. The number of aliphatic hydroxyl groups is 1. The highest BCUT2D eigenvalue weighted by Gasteiger charge is 2.28. The Balaban J connectivity index is 2.68. The minimum absolute atomic E-state index is 0.0200. The van der Waals surface area contributed by atoms with E-state index in [1.165, 1.54) is 12.4 Å². The van der Waals surface area contributed by atoms with Crippen LogP contribution in [-0.4, -0.2) is 45.4 Å². The minimum Gasteiger partial charge on any atom is -0.395 e. The Kier molecular flexibility index (Phi) is 4.95. The first-order valence-corrected chi connectivity index (χ1v) is 5.36. The molecule has 0 aliphatic heterocycles. The van der Waals surface area contributed by atoms with Crippen LogP contribution in [-0.2, 0) is 13.1 Å². The van der Waals surface area contributed by atoms with Gasteiger partial charge in [0.2, 0.25) is 0 Å². The van der Waals surface area contributed by atoms with E-state index in [-0.39, 0.29) is 6.61 Å². The molecule has 0 fully saturated rings. The third kappa shape index (κ3) is 4.74. The predicted octanol–water partition coefficient (Wildman–Crippen LogP) is 1.26. The molecule has 0 atom stereocenters. The van der Waals surface area contributed by atoms with Gasteiger partial charge in [-0.1, -0.05) is 6.92 Å². The van der Waals surface area contributed by atoms with Crippen molar-refractivity contribution >= 4 is 0 Å². The van der Waals surface area contributed by atoms with Gasteiger partial charge in [0.15, 0.2) is 0 Å². The van der Waals surface area contributed by atoms with E-state index in [1.807, 2.05) is 11.8 Å². The summed E-state index contributed by atoms with van der Waals surface area (Å²) in [5, 5.41) is 8.80. The molecule has 0 saturated heterocycles. The zero-order valence-corrected chi connectivity index (χ0v) is 9.61. The molecule has 7 heteroatoms. The maximum absolute atomic E-state index is 12.3. The van der Waals surface area contributed by atoms with E-state index in [9.17, 15) is 13.2 Å². The zero-order valence-electron chi connectivity index (χ0n) is 9.61. The van der Waals surface area contributed by atoms with Crippen LogP contribution in [0.15, 0.2) is 12.4 Å². The summed E-state index contributed by atoms with van der Waals surface area (Å²) in [6.45, 7) is 2.22. The van der Waals surface area contributed by atoms with Crippen LogP contribution >= 0.6 is 0 Å². The Morgan fingerprint density at radius 3 is 2.71 bits per heavy atom. The van der Waals surface area contributed by atoms with E-state index < -0.39 is 12.7 Å². The molecule has 0 unspecified atom stereocenters. The maximum Gasteiger partial charge on any atom is 0.406 e. The number of imidazole rings is 1. The fourth-order valence-electron chi connectivity index (χ4n) is 1.52. The van der Waals surface area contributed by atoms with Crippen molar-refractivity contribution in [3.63, 3.8) is 0 Å². The zero-order chi connectivity index (χ0) is 12.9. The quantitative estimate of drug-likeness (QED) is 0.827. The highest BCUT2D eigenvalue weighted by atomic mass is 19.4.